The second-order valence-electron chi connectivity index (χ2n) is 7.23. The third-order valence-electron chi connectivity index (χ3n) is 5.41. The zero-order valence-electron chi connectivity index (χ0n) is 15.0. The molecule has 4 heterocycles. The average Bonchev–Trinajstić information content (AvgIpc) is 3.34. The first-order chi connectivity index (χ1) is 12.2. The summed E-state index contributed by atoms with van der Waals surface area (Å²) >= 11 is 0. The van der Waals surface area contributed by atoms with Crippen molar-refractivity contribution in [3.8, 4) is 0 Å². The summed E-state index contributed by atoms with van der Waals surface area (Å²) in [4.78, 5) is 28.5. The number of aryl methyl sites for hydroxylation is 1. The van der Waals surface area contributed by atoms with E-state index >= 15 is 0 Å². The highest BCUT2D eigenvalue weighted by molar-refractivity contribution is 5.79. The molecule has 1 unspecified atom stereocenters. The topological polar surface area (TPSA) is 61.8 Å². The van der Waals surface area contributed by atoms with E-state index in [1.165, 1.54) is 12.8 Å². The summed E-state index contributed by atoms with van der Waals surface area (Å²) < 4.78 is 5.35. The molecule has 3 saturated heterocycles. The van der Waals surface area contributed by atoms with Crippen LogP contribution in [-0.4, -0.2) is 73.3 Å². The van der Waals surface area contributed by atoms with Crippen LogP contribution in [0.25, 0.3) is 0 Å². The molecule has 0 spiro atoms. The Morgan fingerprint density at radius 3 is 2.52 bits per heavy atom. The van der Waals surface area contributed by atoms with E-state index in [-0.39, 0.29) is 11.8 Å². The van der Waals surface area contributed by atoms with Crippen LogP contribution < -0.4 is 9.80 Å². The third-order valence-corrected chi connectivity index (χ3v) is 5.41. The minimum atomic E-state index is 0.0588. The molecule has 3 fully saturated rings. The fraction of sp³-hybridized carbons (Fsp3) is 0.722. The Hall–Kier alpha value is -1.89. The highest BCUT2D eigenvalue weighted by atomic mass is 16.5. The number of aromatic nitrogens is 2. The first-order valence-electron chi connectivity index (χ1n) is 9.43. The quantitative estimate of drug-likeness (QED) is 0.817. The van der Waals surface area contributed by atoms with Gasteiger partial charge in [0.25, 0.3) is 0 Å². The molecule has 1 atom stereocenters. The average molecular weight is 345 g/mol. The Labute approximate surface area is 149 Å². The number of nitrogens with zero attached hydrogens (tertiary/aromatic N) is 5. The third kappa shape index (κ3) is 3.56. The van der Waals surface area contributed by atoms with E-state index < -0.39 is 0 Å². The van der Waals surface area contributed by atoms with E-state index in [0.29, 0.717) is 13.2 Å². The number of carbonyl (C=O) groups is 1. The normalized spacial score (nSPS) is 24.2. The Kier molecular flexibility index (Phi) is 4.74. The Morgan fingerprint density at radius 1 is 1.08 bits per heavy atom. The van der Waals surface area contributed by atoms with Crippen molar-refractivity contribution in [3.05, 3.63) is 11.8 Å². The molecule has 136 valence electrons. The maximum Gasteiger partial charge on any atom is 0.228 e. The molecule has 0 aliphatic carbocycles. The Balaban J connectivity index is 1.41. The largest absolute Gasteiger partial charge is 0.381 e. The number of anilines is 2. The van der Waals surface area contributed by atoms with Crippen molar-refractivity contribution in [1.29, 1.82) is 0 Å². The fourth-order valence-electron chi connectivity index (χ4n) is 3.90. The van der Waals surface area contributed by atoms with Crippen LogP contribution in [0.2, 0.25) is 0 Å². The number of hydrogen-bond donors (Lipinski definition) is 0. The van der Waals surface area contributed by atoms with Gasteiger partial charge in [0.15, 0.2) is 0 Å². The van der Waals surface area contributed by atoms with Gasteiger partial charge in [-0.3, -0.25) is 4.79 Å². The van der Waals surface area contributed by atoms with Crippen LogP contribution >= 0.6 is 0 Å². The lowest BCUT2D eigenvalue weighted by molar-refractivity contribution is -0.135. The van der Waals surface area contributed by atoms with Crippen molar-refractivity contribution in [1.82, 2.24) is 14.9 Å². The number of rotatable bonds is 3. The summed E-state index contributed by atoms with van der Waals surface area (Å²) in [6.45, 7) is 8.57. The molecule has 7 heteroatoms. The zero-order valence-corrected chi connectivity index (χ0v) is 15.0. The monoisotopic (exact) mass is 345 g/mol. The van der Waals surface area contributed by atoms with Crippen molar-refractivity contribution < 1.29 is 9.53 Å². The van der Waals surface area contributed by atoms with Gasteiger partial charge in [0.05, 0.1) is 12.5 Å². The van der Waals surface area contributed by atoms with Gasteiger partial charge in [-0.15, -0.1) is 0 Å². The van der Waals surface area contributed by atoms with Crippen molar-refractivity contribution in [2.75, 3.05) is 62.3 Å². The van der Waals surface area contributed by atoms with E-state index in [1.54, 1.807) is 0 Å². The predicted octanol–water partition coefficient (Wildman–Crippen LogP) is 1.07. The maximum atomic E-state index is 12.5. The number of ether oxygens (including phenoxy) is 1. The van der Waals surface area contributed by atoms with Gasteiger partial charge in [0, 0.05) is 57.6 Å². The van der Waals surface area contributed by atoms with Gasteiger partial charge < -0.3 is 19.4 Å². The van der Waals surface area contributed by atoms with Crippen molar-refractivity contribution >= 4 is 17.7 Å². The summed E-state index contributed by atoms with van der Waals surface area (Å²) in [5, 5.41) is 0. The molecule has 1 aromatic rings. The molecule has 0 saturated carbocycles. The SMILES string of the molecule is Cc1cc(N2CCCC2)nc(N2CCN(C(=O)C3CCOC3)CC2)n1. The lowest BCUT2D eigenvalue weighted by Gasteiger charge is -2.36. The van der Waals surface area contributed by atoms with Gasteiger partial charge in [-0.2, -0.15) is 4.98 Å². The molecule has 0 aromatic carbocycles. The second-order valence-corrected chi connectivity index (χ2v) is 7.23. The summed E-state index contributed by atoms with van der Waals surface area (Å²) in [6.07, 6.45) is 3.34. The van der Waals surface area contributed by atoms with Crippen molar-refractivity contribution in [3.63, 3.8) is 0 Å². The van der Waals surface area contributed by atoms with Gasteiger partial charge in [-0.1, -0.05) is 0 Å². The number of piperazine rings is 1. The van der Waals surface area contributed by atoms with Gasteiger partial charge in [-0.25, -0.2) is 4.98 Å². The van der Waals surface area contributed by atoms with Gasteiger partial charge in [0.1, 0.15) is 5.82 Å². The molecule has 1 amide bonds. The van der Waals surface area contributed by atoms with Crippen LogP contribution in [0.15, 0.2) is 6.07 Å². The molecule has 4 rings (SSSR count). The molecule has 7 nitrogen and oxygen atoms in total. The molecule has 1 aromatic heterocycles. The van der Waals surface area contributed by atoms with E-state index in [2.05, 4.69) is 20.9 Å². The minimum absolute atomic E-state index is 0.0588. The van der Waals surface area contributed by atoms with Crippen LogP contribution in [0, 0.1) is 12.8 Å². The molecule has 0 bridgehead atoms. The molecule has 25 heavy (non-hydrogen) atoms. The van der Waals surface area contributed by atoms with Crippen LogP contribution in [-0.2, 0) is 9.53 Å². The Morgan fingerprint density at radius 2 is 1.84 bits per heavy atom. The summed E-state index contributed by atoms with van der Waals surface area (Å²) in [6, 6.07) is 2.08. The summed E-state index contributed by atoms with van der Waals surface area (Å²) in [5.74, 6) is 2.16. The summed E-state index contributed by atoms with van der Waals surface area (Å²) in [7, 11) is 0. The van der Waals surface area contributed by atoms with Gasteiger partial charge >= 0.3 is 0 Å². The molecule has 0 radical (unpaired) electrons. The zero-order chi connectivity index (χ0) is 17.2. The first-order valence-corrected chi connectivity index (χ1v) is 9.43. The predicted molar refractivity (Wildman–Crippen MR) is 95.9 cm³/mol. The summed E-state index contributed by atoms with van der Waals surface area (Å²) in [5.41, 5.74) is 1.01. The Bertz CT molecular complexity index is 618. The van der Waals surface area contributed by atoms with Gasteiger partial charge in [0.2, 0.25) is 11.9 Å². The molecule has 3 aliphatic rings. The first kappa shape index (κ1) is 16.6. The van der Waals surface area contributed by atoms with E-state index in [0.717, 1.165) is 63.1 Å². The minimum Gasteiger partial charge on any atom is -0.381 e. The van der Waals surface area contributed by atoms with Crippen LogP contribution in [0.4, 0.5) is 11.8 Å². The standard InChI is InChI=1S/C18H27N5O2/c1-14-12-16(21-5-2-3-6-21)20-18(19-14)23-9-7-22(8-10-23)17(24)15-4-11-25-13-15/h12,15H,2-11,13H2,1H3. The molecular formula is C18H27N5O2. The highest BCUT2D eigenvalue weighted by Gasteiger charge is 2.30. The molecular weight excluding hydrogens is 318 g/mol. The lowest BCUT2D eigenvalue weighted by atomic mass is 10.1. The van der Waals surface area contributed by atoms with Crippen LogP contribution in [0.5, 0.6) is 0 Å². The number of carbonyl (C=O) groups excluding carboxylic acids is 1. The smallest absolute Gasteiger partial charge is 0.228 e. The number of hydrogen-bond acceptors (Lipinski definition) is 6. The van der Waals surface area contributed by atoms with Crippen LogP contribution in [0.1, 0.15) is 25.0 Å². The van der Waals surface area contributed by atoms with Crippen molar-refractivity contribution in [2.45, 2.75) is 26.2 Å². The fourth-order valence-corrected chi connectivity index (χ4v) is 3.90. The molecule has 0 N–H and O–H groups in total. The highest BCUT2D eigenvalue weighted by Crippen LogP contribution is 2.23. The van der Waals surface area contributed by atoms with Crippen molar-refractivity contribution in [2.24, 2.45) is 5.92 Å². The number of amides is 1. The van der Waals surface area contributed by atoms with E-state index in [9.17, 15) is 4.79 Å². The maximum absolute atomic E-state index is 12.5. The lowest BCUT2D eigenvalue weighted by Crippen LogP contribution is -2.51. The van der Waals surface area contributed by atoms with E-state index in [4.69, 9.17) is 9.72 Å². The van der Waals surface area contributed by atoms with Gasteiger partial charge in [-0.05, 0) is 26.2 Å². The molecule has 3 aliphatic heterocycles. The van der Waals surface area contributed by atoms with E-state index in [1.807, 2.05) is 11.8 Å². The second kappa shape index (κ2) is 7.15. The van der Waals surface area contributed by atoms with Crippen LogP contribution in [0.3, 0.4) is 0 Å².